The van der Waals surface area contributed by atoms with Gasteiger partial charge in [-0.05, 0) is 11.1 Å². The Labute approximate surface area is 173 Å². The van der Waals surface area contributed by atoms with Gasteiger partial charge >= 0.3 is 0 Å². The quantitative estimate of drug-likeness (QED) is 0.582. The number of carbonyl (C=O) groups excluding carboxylic acids is 1. The first-order valence-corrected chi connectivity index (χ1v) is 11.2. The number of aromatic nitrogens is 2. The molecule has 0 atom stereocenters. The van der Waals surface area contributed by atoms with Gasteiger partial charge in [0.2, 0.25) is 5.91 Å². The van der Waals surface area contributed by atoms with Gasteiger partial charge in [0, 0.05) is 26.2 Å². The normalized spacial score (nSPS) is 15.1. The predicted molar refractivity (Wildman–Crippen MR) is 114 cm³/mol. The molecular weight excluding hydrogens is 388 g/mol. The van der Waals surface area contributed by atoms with E-state index in [1.165, 1.54) is 34.2 Å². The van der Waals surface area contributed by atoms with E-state index >= 15 is 0 Å². The average Bonchev–Trinajstić information content (AvgIpc) is 3.28. The monoisotopic (exact) mass is 410 g/mol. The van der Waals surface area contributed by atoms with Gasteiger partial charge in [-0.2, -0.15) is 0 Å². The first-order chi connectivity index (χ1) is 13.8. The topological polar surface area (TPSA) is 49.3 Å². The van der Waals surface area contributed by atoms with Crippen LogP contribution in [0.2, 0.25) is 0 Å². The van der Waals surface area contributed by atoms with E-state index in [1.807, 2.05) is 4.90 Å². The summed E-state index contributed by atoms with van der Waals surface area (Å²) in [5.41, 5.74) is 4.28. The summed E-state index contributed by atoms with van der Waals surface area (Å²) < 4.78 is 0.847. The number of carbonyl (C=O) groups is 1. The first kappa shape index (κ1) is 19.1. The van der Waals surface area contributed by atoms with Crippen molar-refractivity contribution in [1.29, 1.82) is 0 Å². The molecule has 1 aromatic heterocycles. The number of hydrogen-bond donors (Lipinski definition) is 0. The van der Waals surface area contributed by atoms with Crippen LogP contribution in [-0.4, -0.2) is 57.8 Å². The largest absolute Gasteiger partial charge is 0.339 e. The Morgan fingerprint density at radius 1 is 0.964 bits per heavy atom. The zero-order valence-electron chi connectivity index (χ0n) is 15.5. The van der Waals surface area contributed by atoms with Gasteiger partial charge < -0.3 is 4.90 Å². The highest BCUT2D eigenvalue weighted by molar-refractivity contribution is 8.01. The molecule has 1 aliphatic rings. The van der Waals surface area contributed by atoms with E-state index in [9.17, 15) is 4.79 Å². The van der Waals surface area contributed by atoms with Crippen molar-refractivity contribution in [3.8, 4) is 0 Å². The summed E-state index contributed by atoms with van der Waals surface area (Å²) in [5.74, 6) is 0.603. The lowest BCUT2D eigenvalue weighted by Gasteiger charge is -2.39. The maximum absolute atomic E-state index is 12.6. The van der Waals surface area contributed by atoms with E-state index < -0.39 is 0 Å². The molecular formula is C21H22N4OS2. The summed E-state index contributed by atoms with van der Waals surface area (Å²) in [6.45, 7) is 3.24. The summed E-state index contributed by atoms with van der Waals surface area (Å²) >= 11 is 2.94. The molecule has 1 amide bonds. The molecule has 2 aromatic carbocycles. The van der Waals surface area contributed by atoms with Crippen LogP contribution in [0.25, 0.3) is 0 Å². The van der Waals surface area contributed by atoms with Crippen molar-refractivity contribution in [2.75, 3.05) is 31.9 Å². The molecule has 0 unspecified atom stereocenters. The lowest BCUT2D eigenvalue weighted by atomic mass is 9.96. The van der Waals surface area contributed by atoms with Crippen molar-refractivity contribution in [3.63, 3.8) is 0 Å². The third-order valence-electron chi connectivity index (χ3n) is 4.92. The fraction of sp³-hybridized carbons (Fsp3) is 0.286. The zero-order chi connectivity index (χ0) is 19.2. The molecule has 0 radical (unpaired) electrons. The Bertz CT molecular complexity index is 826. The highest BCUT2D eigenvalue weighted by Crippen LogP contribution is 2.29. The molecule has 5 nitrogen and oxygen atoms in total. The van der Waals surface area contributed by atoms with Gasteiger partial charge in [0.15, 0.2) is 4.34 Å². The van der Waals surface area contributed by atoms with Crippen molar-refractivity contribution in [2.45, 2.75) is 10.4 Å². The highest BCUT2D eigenvalue weighted by atomic mass is 32.2. The number of thioether (sulfide) groups is 1. The molecule has 28 heavy (non-hydrogen) atoms. The smallest absolute Gasteiger partial charge is 0.233 e. The Balaban J connectivity index is 1.41. The molecule has 4 rings (SSSR count). The third kappa shape index (κ3) is 4.60. The minimum Gasteiger partial charge on any atom is -0.339 e. The van der Waals surface area contributed by atoms with Crippen molar-refractivity contribution in [1.82, 2.24) is 20.0 Å². The molecule has 7 heteroatoms. The molecule has 0 aliphatic carbocycles. The molecule has 0 N–H and O–H groups in total. The Morgan fingerprint density at radius 2 is 1.57 bits per heavy atom. The molecule has 0 spiro atoms. The second-order valence-electron chi connectivity index (χ2n) is 6.63. The van der Waals surface area contributed by atoms with Crippen molar-refractivity contribution in [3.05, 3.63) is 77.3 Å². The van der Waals surface area contributed by atoms with Crippen LogP contribution in [0.4, 0.5) is 0 Å². The van der Waals surface area contributed by atoms with Gasteiger partial charge in [0.25, 0.3) is 0 Å². The van der Waals surface area contributed by atoms with E-state index in [4.69, 9.17) is 0 Å². The van der Waals surface area contributed by atoms with Gasteiger partial charge in [0.05, 0.1) is 11.8 Å². The Kier molecular flexibility index (Phi) is 6.36. The van der Waals surface area contributed by atoms with Crippen LogP contribution in [0, 0.1) is 0 Å². The molecule has 1 aliphatic heterocycles. The maximum atomic E-state index is 12.6. The second-order valence-corrected chi connectivity index (χ2v) is 8.69. The fourth-order valence-electron chi connectivity index (χ4n) is 3.55. The predicted octanol–water partition coefficient (Wildman–Crippen LogP) is 3.56. The van der Waals surface area contributed by atoms with Crippen molar-refractivity contribution >= 4 is 29.0 Å². The summed E-state index contributed by atoms with van der Waals surface area (Å²) in [4.78, 5) is 17.0. The van der Waals surface area contributed by atoms with E-state index in [0.29, 0.717) is 5.75 Å². The lowest BCUT2D eigenvalue weighted by molar-refractivity contribution is -0.130. The first-order valence-electron chi connectivity index (χ1n) is 9.32. The number of nitrogens with zero attached hydrogens (tertiary/aromatic N) is 4. The minimum atomic E-state index is 0.177. The van der Waals surface area contributed by atoms with Crippen LogP contribution >= 0.6 is 23.1 Å². The SMILES string of the molecule is O=C(CSc1nncs1)N1CCN(C(c2ccccc2)c2ccccc2)CC1. The zero-order valence-corrected chi connectivity index (χ0v) is 17.1. The van der Waals surface area contributed by atoms with Crippen LogP contribution in [0.15, 0.2) is 70.5 Å². The molecule has 2 heterocycles. The summed E-state index contributed by atoms with van der Waals surface area (Å²) in [6, 6.07) is 21.5. The van der Waals surface area contributed by atoms with Crippen LogP contribution in [0.5, 0.6) is 0 Å². The summed E-state index contributed by atoms with van der Waals surface area (Å²) in [5, 5.41) is 7.80. The molecule has 0 bridgehead atoms. The van der Waals surface area contributed by atoms with E-state index in [1.54, 1.807) is 5.51 Å². The third-order valence-corrected chi connectivity index (χ3v) is 6.77. The number of benzene rings is 2. The standard InChI is InChI=1S/C21H22N4OS2/c26-19(15-27-21-23-22-16-28-21)24-11-13-25(14-12-24)20(17-7-3-1-4-8-17)18-9-5-2-6-10-18/h1-10,16,20H,11-15H2. The Hall–Kier alpha value is -2.22. The van der Waals surface area contributed by atoms with E-state index in [2.05, 4.69) is 75.8 Å². The fourth-order valence-corrected chi connectivity index (χ4v) is 4.95. The van der Waals surface area contributed by atoms with Crippen LogP contribution in [0.3, 0.4) is 0 Å². The van der Waals surface area contributed by atoms with Crippen LogP contribution in [0.1, 0.15) is 17.2 Å². The maximum Gasteiger partial charge on any atom is 0.233 e. The summed E-state index contributed by atoms with van der Waals surface area (Å²) in [6.07, 6.45) is 0. The number of amides is 1. The lowest BCUT2D eigenvalue weighted by Crippen LogP contribution is -2.50. The average molecular weight is 411 g/mol. The van der Waals surface area contributed by atoms with Gasteiger partial charge in [-0.15, -0.1) is 10.2 Å². The van der Waals surface area contributed by atoms with E-state index in [0.717, 1.165) is 30.5 Å². The van der Waals surface area contributed by atoms with Gasteiger partial charge in [-0.1, -0.05) is 83.8 Å². The minimum absolute atomic E-state index is 0.177. The molecule has 1 saturated heterocycles. The van der Waals surface area contributed by atoms with Gasteiger partial charge in [-0.3, -0.25) is 9.69 Å². The number of piperazine rings is 1. The molecule has 0 saturated carbocycles. The van der Waals surface area contributed by atoms with E-state index in [-0.39, 0.29) is 11.9 Å². The number of hydrogen-bond acceptors (Lipinski definition) is 6. The van der Waals surface area contributed by atoms with Crippen LogP contribution < -0.4 is 0 Å². The molecule has 3 aromatic rings. The molecule has 1 fully saturated rings. The van der Waals surface area contributed by atoms with Crippen molar-refractivity contribution in [2.24, 2.45) is 0 Å². The van der Waals surface area contributed by atoms with Gasteiger partial charge in [-0.25, -0.2) is 0 Å². The second kappa shape index (κ2) is 9.32. The summed E-state index contributed by atoms with van der Waals surface area (Å²) in [7, 11) is 0. The van der Waals surface area contributed by atoms with Gasteiger partial charge in [0.1, 0.15) is 5.51 Å². The van der Waals surface area contributed by atoms with Crippen LogP contribution in [-0.2, 0) is 4.79 Å². The molecule has 144 valence electrons. The van der Waals surface area contributed by atoms with Crippen molar-refractivity contribution < 1.29 is 4.79 Å². The number of rotatable bonds is 6. The highest BCUT2D eigenvalue weighted by Gasteiger charge is 2.28. The Morgan fingerprint density at radius 3 is 2.11 bits per heavy atom.